The Bertz CT molecular complexity index is 463. The van der Waals surface area contributed by atoms with Gasteiger partial charge in [0, 0.05) is 39.0 Å². The predicted octanol–water partition coefficient (Wildman–Crippen LogP) is 2.73. The topological polar surface area (TPSA) is 103 Å². The van der Waals surface area contributed by atoms with Gasteiger partial charge in [-0.1, -0.05) is 39.5 Å². The summed E-state index contributed by atoms with van der Waals surface area (Å²) in [7, 11) is 1.91. The molecule has 0 fully saturated rings. The number of nitrogens with zero attached hydrogens (tertiary/aromatic N) is 1. The highest BCUT2D eigenvalue weighted by atomic mass is 16.5. The summed E-state index contributed by atoms with van der Waals surface area (Å²) in [6, 6.07) is 0.287. The fraction of sp³-hybridized carbons (Fsp3) is 0.917. The van der Waals surface area contributed by atoms with Crippen LogP contribution in [0, 0.1) is 5.92 Å². The van der Waals surface area contributed by atoms with Crippen LogP contribution in [0.1, 0.15) is 72.1 Å². The van der Waals surface area contributed by atoms with Crippen LogP contribution in [0.3, 0.4) is 0 Å². The Balaban J connectivity index is 3.38. The molecule has 0 heterocycles. The second kappa shape index (κ2) is 21.6. The molecule has 0 aliphatic carbocycles. The number of hydrogen-bond acceptors (Lipinski definition) is 6. The summed E-state index contributed by atoms with van der Waals surface area (Å²) in [6.45, 7) is 10.6. The highest BCUT2D eigenvalue weighted by molar-refractivity contribution is 5.76. The van der Waals surface area contributed by atoms with E-state index in [0.717, 1.165) is 38.5 Å². The number of ether oxygens (including phenoxy) is 3. The van der Waals surface area contributed by atoms with Gasteiger partial charge in [-0.25, -0.2) is 0 Å². The van der Waals surface area contributed by atoms with Crippen LogP contribution < -0.4 is 11.1 Å². The van der Waals surface area contributed by atoms with Gasteiger partial charge in [0.15, 0.2) is 0 Å². The zero-order valence-corrected chi connectivity index (χ0v) is 21.0. The standard InChI is InChI=1S/C24H49N3O5/c1-21(2)22(3)27(4)24(29)11-9-7-5-6-8-10-14-26-23(28)12-15-30-17-19-32-20-18-31-16-13-25/h21-22H,5-20,25H2,1-4H3,(H,26,28)/t22-/m1/s1. The predicted molar refractivity (Wildman–Crippen MR) is 129 cm³/mol. The summed E-state index contributed by atoms with van der Waals surface area (Å²) in [5.74, 6) is 0.756. The first-order valence-corrected chi connectivity index (χ1v) is 12.4. The molecule has 8 nitrogen and oxygen atoms in total. The van der Waals surface area contributed by atoms with E-state index in [1.165, 1.54) is 0 Å². The zero-order valence-electron chi connectivity index (χ0n) is 21.0. The smallest absolute Gasteiger partial charge is 0.222 e. The molecule has 0 aromatic carbocycles. The SMILES string of the molecule is CC(C)[C@@H](C)N(C)C(=O)CCCCCCCCNC(=O)CCOCCOCCOCCN. The molecule has 0 aliphatic heterocycles. The van der Waals surface area contributed by atoms with Gasteiger partial charge in [0.05, 0.1) is 39.6 Å². The highest BCUT2D eigenvalue weighted by Gasteiger charge is 2.17. The van der Waals surface area contributed by atoms with Crippen molar-refractivity contribution in [2.45, 2.75) is 78.2 Å². The summed E-state index contributed by atoms with van der Waals surface area (Å²) in [4.78, 5) is 25.8. The Hall–Kier alpha value is -1.22. The van der Waals surface area contributed by atoms with Crippen LogP contribution >= 0.6 is 0 Å². The fourth-order valence-electron chi connectivity index (χ4n) is 3.07. The number of nitrogens with two attached hydrogens (primary N) is 1. The van der Waals surface area contributed by atoms with Crippen LogP contribution in [0.5, 0.6) is 0 Å². The summed E-state index contributed by atoms with van der Waals surface area (Å²) >= 11 is 0. The molecule has 190 valence electrons. The van der Waals surface area contributed by atoms with Gasteiger partial charge in [0.25, 0.3) is 0 Å². The number of amides is 2. The largest absolute Gasteiger partial charge is 0.379 e. The average molecular weight is 460 g/mol. The third-order valence-corrected chi connectivity index (χ3v) is 5.59. The first-order chi connectivity index (χ1) is 15.4. The van der Waals surface area contributed by atoms with Crippen molar-refractivity contribution in [3.63, 3.8) is 0 Å². The molecular weight excluding hydrogens is 410 g/mol. The summed E-state index contributed by atoms with van der Waals surface area (Å²) in [6.07, 6.45) is 7.42. The van der Waals surface area contributed by atoms with Crippen LogP contribution in [0.15, 0.2) is 0 Å². The van der Waals surface area contributed by atoms with E-state index < -0.39 is 0 Å². The molecule has 0 aliphatic rings. The molecule has 0 aromatic rings. The third kappa shape index (κ3) is 18.4. The van der Waals surface area contributed by atoms with Crippen molar-refractivity contribution in [3.05, 3.63) is 0 Å². The fourth-order valence-corrected chi connectivity index (χ4v) is 3.07. The minimum absolute atomic E-state index is 0.0272. The third-order valence-electron chi connectivity index (χ3n) is 5.59. The molecule has 2 amide bonds. The van der Waals surface area contributed by atoms with Crippen LogP contribution in [0.2, 0.25) is 0 Å². The van der Waals surface area contributed by atoms with Crippen LogP contribution in [0.25, 0.3) is 0 Å². The first kappa shape index (κ1) is 30.8. The van der Waals surface area contributed by atoms with E-state index in [1.807, 2.05) is 11.9 Å². The lowest BCUT2D eigenvalue weighted by atomic mass is 10.0. The van der Waals surface area contributed by atoms with Gasteiger partial charge >= 0.3 is 0 Å². The molecule has 32 heavy (non-hydrogen) atoms. The van der Waals surface area contributed by atoms with Gasteiger partial charge in [0.2, 0.25) is 11.8 Å². The minimum Gasteiger partial charge on any atom is -0.379 e. The monoisotopic (exact) mass is 459 g/mol. The van der Waals surface area contributed by atoms with Crippen LogP contribution in [-0.2, 0) is 23.8 Å². The molecule has 0 bridgehead atoms. The van der Waals surface area contributed by atoms with E-state index in [1.54, 1.807) is 0 Å². The highest BCUT2D eigenvalue weighted by Crippen LogP contribution is 2.12. The molecule has 8 heteroatoms. The van der Waals surface area contributed by atoms with Gasteiger partial charge in [-0.3, -0.25) is 9.59 Å². The van der Waals surface area contributed by atoms with Crippen molar-refractivity contribution < 1.29 is 23.8 Å². The summed E-state index contributed by atoms with van der Waals surface area (Å²) in [5.41, 5.74) is 5.32. The van der Waals surface area contributed by atoms with E-state index in [-0.39, 0.29) is 17.9 Å². The molecule has 0 radical (unpaired) electrons. The van der Waals surface area contributed by atoms with Crippen molar-refractivity contribution in [3.8, 4) is 0 Å². The quantitative estimate of drug-likeness (QED) is 0.241. The van der Waals surface area contributed by atoms with Gasteiger partial charge in [-0.05, 0) is 25.7 Å². The molecule has 3 N–H and O–H groups in total. The number of unbranched alkanes of at least 4 members (excludes halogenated alkanes) is 5. The lowest BCUT2D eigenvalue weighted by molar-refractivity contribution is -0.132. The normalized spacial score (nSPS) is 12.2. The van der Waals surface area contributed by atoms with Crippen LogP contribution in [-0.4, -0.2) is 82.5 Å². The summed E-state index contributed by atoms with van der Waals surface area (Å²) in [5, 5.41) is 2.94. The second-order valence-electron chi connectivity index (χ2n) is 8.59. The van der Waals surface area contributed by atoms with E-state index in [4.69, 9.17) is 19.9 Å². The maximum absolute atomic E-state index is 12.2. The minimum atomic E-state index is 0.0272. The lowest BCUT2D eigenvalue weighted by Crippen LogP contribution is -2.38. The lowest BCUT2D eigenvalue weighted by Gasteiger charge is -2.28. The Kier molecular flexibility index (Phi) is 20.8. The maximum Gasteiger partial charge on any atom is 0.222 e. The van der Waals surface area contributed by atoms with E-state index in [9.17, 15) is 9.59 Å². The number of hydrogen-bond donors (Lipinski definition) is 2. The van der Waals surface area contributed by atoms with E-state index in [0.29, 0.717) is 71.5 Å². The van der Waals surface area contributed by atoms with Crippen molar-refractivity contribution in [2.24, 2.45) is 11.7 Å². The Morgan fingerprint density at radius 3 is 1.91 bits per heavy atom. The molecule has 0 unspecified atom stereocenters. The Labute approximate surface area is 195 Å². The Morgan fingerprint density at radius 2 is 1.31 bits per heavy atom. The van der Waals surface area contributed by atoms with Gasteiger partial charge in [0.1, 0.15) is 0 Å². The first-order valence-electron chi connectivity index (χ1n) is 12.4. The number of carbonyl (C=O) groups excluding carboxylic acids is 2. The molecule has 0 saturated heterocycles. The molecule has 1 atom stereocenters. The molecule has 0 aromatic heterocycles. The number of nitrogens with one attached hydrogen (secondary N) is 1. The van der Waals surface area contributed by atoms with Crippen molar-refractivity contribution in [1.82, 2.24) is 10.2 Å². The number of rotatable bonds is 22. The van der Waals surface area contributed by atoms with E-state index in [2.05, 4.69) is 26.1 Å². The Morgan fingerprint density at radius 1 is 0.781 bits per heavy atom. The van der Waals surface area contributed by atoms with Crippen molar-refractivity contribution >= 4 is 11.8 Å². The molecule has 0 spiro atoms. The summed E-state index contributed by atoms with van der Waals surface area (Å²) < 4.78 is 15.9. The molecule has 0 rings (SSSR count). The zero-order chi connectivity index (χ0) is 24.0. The second-order valence-corrected chi connectivity index (χ2v) is 8.59. The maximum atomic E-state index is 12.2. The number of carbonyl (C=O) groups is 2. The molecule has 0 saturated carbocycles. The van der Waals surface area contributed by atoms with Gasteiger partial charge in [-0.15, -0.1) is 0 Å². The van der Waals surface area contributed by atoms with E-state index >= 15 is 0 Å². The van der Waals surface area contributed by atoms with Gasteiger partial charge < -0.3 is 30.2 Å². The average Bonchev–Trinajstić information content (AvgIpc) is 2.77. The van der Waals surface area contributed by atoms with Crippen LogP contribution in [0.4, 0.5) is 0 Å². The molecular formula is C24H49N3O5. The van der Waals surface area contributed by atoms with Crippen molar-refractivity contribution in [2.75, 3.05) is 59.8 Å². The van der Waals surface area contributed by atoms with Gasteiger partial charge in [-0.2, -0.15) is 0 Å². The van der Waals surface area contributed by atoms with Crippen molar-refractivity contribution in [1.29, 1.82) is 0 Å².